The molecule has 0 atom stereocenters. The van der Waals surface area contributed by atoms with Gasteiger partial charge in [0.1, 0.15) is 11.4 Å². The Bertz CT molecular complexity index is 1490. The van der Waals surface area contributed by atoms with Crippen molar-refractivity contribution in [2.45, 2.75) is 51.4 Å². The number of benzene rings is 3. The number of rotatable bonds is 22. The van der Waals surface area contributed by atoms with Crippen LogP contribution in [0.1, 0.15) is 73.6 Å². The van der Waals surface area contributed by atoms with Crippen molar-refractivity contribution in [2.75, 3.05) is 40.3 Å². The van der Waals surface area contributed by atoms with E-state index in [0.717, 1.165) is 33.6 Å². The van der Waals surface area contributed by atoms with Crippen LogP contribution in [0.5, 0.6) is 0 Å². The van der Waals surface area contributed by atoms with Gasteiger partial charge in [0, 0.05) is 49.6 Å². The Morgan fingerprint density at radius 1 is 0.407 bits per heavy atom. The molecule has 54 heavy (non-hydrogen) atoms. The summed E-state index contributed by atoms with van der Waals surface area (Å²) in [7, 11) is 3.96. The summed E-state index contributed by atoms with van der Waals surface area (Å²) in [6, 6.07) is 24.0. The molecular weight excluding hydrogens is 728 g/mol. The first kappa shape index (κ1) is 55.0. The van der Waals surface area contributed by atoms with Gasteiger partial charge in [-0.1, -0.05) is 48.6 Å². The summed E-state index contributed by atoms with van der Waals surface area (Å²) in [5, 5.41) is 43.8. The number of hydrogen-bond acceptors (Lipinski definition) is 8. The molecule has 0 saturated heterocycles. The maximum atomic E-state index is 10.9. The molecule has 0 aromatic heterocycles. The van der Waals surface area contributed by atoms with Crippen LogP contribution in [0.15, 0.2) is 72.8 Å². The Labute approximate surface area is 408 Å². The SMILES string of the molecule is C[N+](CCCC(=O)[O-])(CCCC(=O)[O-])c1ccc(/C=C/c2ccc(/C=C/c3ccc([N+](C)(CCCC(=O)[O-])CCCC(=O)[O-])cc3)cc2)cc1.[Na+].[Na+].[Na+].[Na+]. The van der Waals surface area contributed by atoms with Crippen LogP contribution in [0.25, 0.3) is 24.3 Å². The second-order valence-corrected chi connectivity index (χ2v) is 13.1. The first-order valence-electron chi connectivity index (χ1n) is 16.9. The third-order valence-corrected chi connectivity index (χ3v) is 9.04. The molecule has 3 rings (SSSR count). The van der Waals surface area contributed by atoms with Gasteiger partial charge in [-0.2, -0.15) is 0 Å². The van der Waals surface area contributed by atoms with Crippen LogP contribution in [0.2, 0.25) is 0 Å². The summed E-state index contributed by atoms with van der Waals surface area (Å²) in [4.78, 5) is 43.8. The van der Waals surface area contributed by atoms with Crippen molar-refractivity contribution in [1.82, 2.24) is 8.97 Å². The number of aliphatic carboxylic acids is 4. The Kier molecular flexibility index (Phi) is 28.9. The van der Waals surface area contributed by atoms with E-state index in [9.17, 15) is 39.6 Å². The molecule has 0 amide bonds. The molecule has 0 aliphatic heterocycles. The van der Waals surface area contributed by atoms with E-state index in [1.165, 1.54) is 0 Å². The third kappa shape index (κ3) is 20.4. The molecule has 0 saturated carbocycles. The standard InChI is InChI=1S/C40H48N2O8.4Na/c1-41(27-3-7-37(43)44,28-4-8-38(45)46)35-23-19-33(20-24-35)17-15-31-11-13-32(14-12-31)16-18-34-21-25-36(26-22-34)42(2,29-5-9-39(47)48)30-6-10-40(49)50;;;;/h11-26H,3-10,27-30H2,1-2H3,(H2-2,43,44,45,46,47,48,49,50);;;;/q;4*+1/p-2/b17-15+,18-16+;;;;. The quantitative estimate of drug-likeness (QED) is 0.0553. The minimum Gasteiger partial charge on any atom is -0.550 e. The molecule has 0 bridgehead atoms. The fourth-order valence-corrected chi connectivity index (χ4v) is 6.02. The molecule has 10 nitrogen and oxygen atoms in total. The van der Waals surface area contributed by atoms with E-state index in [4.69, 9.17) is 0 Å². The number of carbonyl (C=O) groups excluding carboxylic acids is 4. The molecular formula is C40H46N2Na4O8+2. The van der Waals surface area contributed by atoms with Crippen LogP contribution in [0.4, 0.5) is 11.4 Å². The zero-order valence-electron chi connectivity index (χ0n) is 32.9. The Balaban J connectivity index is 0. The Hall–Kier alpha value is -1.06. The van der Waals surface area contributed by atoms with E-state index in [1.54, 1.807) is 0 Å². The maximum absolute atomic E-state index is 10.9. The van der Waals surface area contributed by atoms with Crippen molar-refractivity contribution in [3.05, 3.63) is 95.1 Å². The van der Waals surface area contributed by atoms with Crippen LogP contribution < -0.4 is 148 Å². The number of carboxylic acids is 4. The average Bonchev–Trinajstić information content (AvgIpc) is 3.06. The van der Waals surface area contributed by atoms with Crippen molar-refractivity contribution >= 4 is 59.6 Å². The molecule has 3 aromatic rings. The number of nitrogens with zero attached hydrogens (tertiary/aromatic N) is 2. The minimum atomic E-state index is -1.10. The second kappa shape index (κ2) is 28.4. The van der Waals surface area contributed by atoms with Gasteiger partial charge < -0.3 is 39.6 Å². The van der Waals surface area contributed by atoms with Gasteiger partial charge in [-0.05, 0) is 96.5 Å². The van der Waals surface area contributed by atoms with Gasteiger partial charge in [0.05, 0.1) is 40.3 Å². The van der Waals surface area contributed by atoms with E-state index in [-0.39, 0.29) is 144 Å². The molecule has 3 aromatic carbocycles. The fraction of sp³-hybridized carbons (Fsp3) is 0.350. The predicted octanol–water partition coefficient (Wildman–Crippen LogP) is -9.96. The summed E-state index contributed by atoms with van der Waals surface area (Å²) in [5.74, 6) is -4.40. The molecule has 0 spiro atoms. The summed E-state index contributed by atoms with van der Waals surface area (Å²) in [6.07, 6.45) is 9.55. The molecule has 0 aliphatic rings. The van der Waals surface area contributed by atoms with Gasteiger partial charge in [0.2, 0.25) is 0 Å². The van der Waals surface area contributed by atoms with Gasteiger partial charge in [0.25, 0.3) is 0 Å². The molecule has 0 fully saturated rings. The summed E-state index contributed by atoms with van der Waals surface area (Å²) in [6.45, 7) is 2.18. The normalized spacial score (nSPS) is 11.1. The van der Waals surface area contributed by atoms with Crippen LogP contribution >= 0.6 is 0 Å². The Morgan fingerprint density at radius 2 is 0.593 bits per heavy atom. The number of quaternary nitrogens is 2. The van der Waals surface area contributed by atoms with E-state index >= 15 is 0 Å². The molecule has 14 heteroatoms. The van der Waals surface area contributed by atoms with Crippen molar-refractivity contribution in [1.29, 1.82) is 0 Å². The van der Waals surface area contributed by atoms with Crippen LogP contribution in [0.3, 0.4) is 0 Å². The van der Waals surface area contributed by atoms with E-state index < -0.39 is 23.9 Å². The molecule has 0 radical (unpaired) electrons. The largest absolute Gasteiger partial charge is 1.00 e. The zero-order chi connectivity index (χ0) is 36.6. The van der Waals surface area contributed by atoms with Crippen molar-refractivity contribution in [2.24, 2.45) is 0 Å². The molecule has 0 N–H and O–H groups in total. The first-order valence-corrected chi connectivity index (χ1v) is 16.9. The topological polar surface area (TPSA) is 161 Å². The average molecular weight is 775 g/mol. The molecule has 0 aliphatic carbocycles. The maximum Gasteiger partial charge on any atom is 1.00 e. The van der Waals surface area contributed by atoms with Gasteiger partial charge >= 0.3 is 118 Å². The van der Waals surface area contributed by atoms with E-state index in [1.807, 2.05) is 111 Å². The molecule has 0 heterocycles. The number of carbonyl (C=O) groups is 4. The Morgan fingerprint density at radius 3 is 0.778 bits per heavy atom. The van der Waals surface area contributed by atoms with Crippen LogP contribution in [0, 0.1) is 0 Å². The van der Waals surface area contributed by atoms with E-state index in [0.29, 0.717) is 60.8 Å². The summed E-state index contributed by atoms with van der Waals surface area (Å²) in [5.41, 5.74) is 5.97. The second-order valence-electron chi connectivity index (χ2n) is 13.1. The summed E-state index contributed by atoms with van der Waals surface area (Å²) < 4.78 is 0.837. The van der Waals surface area contributed by atoms with Gasteiger partial charge in [-0.25, -0.2) is 0 Å². The van der Waals surface area contributed by atoms with Crippen LogP contribution in [-0.4, -0.2) is 64.2 Å². The van der Waals surface area contributed by atoms with Gasteiger partial charge in [-0.15, -0.1) is 0 Å². The predicted molar refractivity (Wildman–Crippen MR) is 189 cm³/mol. The molecule has 266 valence electrons. The van der Waals surface area contributed by atoms with E-state index in [2.05, 4.69) is 0 Å². The fourth-order valence-electron chi connectivity index (χ4n) is 6.02. The number of carboxylic acid groups (broad SMARTS) is 4. The number of hydrogen-bond donors (Lipinski definition) is 0. The van der Waals surface area contributed by atoms with Crippen molar-refractivity contribution in [3.63, 3.8) is 0 Å². The molecule has 0 unspecified atom stereocenters. The zero-order valence-corrected chi connectivity index (χ0v) is 40.9. The van der Waals surface area contributed by atoms with Crippen LogP contribution in [-0.2, 0) is 19.2 Å². The smallest absolute Gasteiger partial charge is 0.550 e. The van der Waals surface area contributed by atoms with Gasteiger partial charge in [-0.3, -0.25) is 8.97 Å². The first-order chi connectivity index (χ1) is 23.8. The third-order valence-electron chi connectivity index (χ3n) is 9.04. The monoisotopic (exact) mass is 774 g/mol. The van der Waals surface area contributed by atoms with Gasteiger partial charge in [0.15, 0.2) is 0 Å². The van der Waals surface area contributed by atoms with Crippen molar-refractivity contribution < 1.29 is 158 Å². The minimum absolute atomic E-state index is 0. The summed E-state index contributed by atoms with van der Waals surface area (Å²) >= 11 is 0. The van der Waals surface area contributed by atoms with Crippen molar-refractivity contribution in [3.8, 4) is 0 Å².